The Hall–Kier alpha value is -2.54. The van der Waals surface area contributed by atoms with Crippen LogP contribution in [0.1, 0.15) is 30.9 Å². The number of hydrogen-bond acceptors (Lipinski definition) is 4. The average Bonchev–Trinajstić information content (AvgIpc) is 3.53. The molecule has 7 heteroatoms. The van der Waals surface area contributed by atoms with E-state index in [1.165, 1.54) is 12.1 Å². The Kier molecular flexibility index (Phi) is 5.52. The first-order chi connectivity index (χ1) is 13.6. The number of carbonyl (C=O) groups excluding carboxylic acids is 2. The number of carbonyl (C=O) groups is 2. The zero-order chi connectivity index (χ0) is 19.5. The molecule has 0 spiro atoms. The highest BCUT2D eigenvalue weighted by atomic mass is 32.2. The Balaban J connectivity index is 1.33. The molecule has 2 aromatic carbocycles. The maximum Gasteiger partial charge on any atom is 0.258 e. The quantitative estimate of drug-likeness (QED) is 0.772. The fraction of sp³-hybridized carbons (Fsp3) is 0.333. The van der Waals surface area contributed by atoms with Crippen molar-refractivity contribution < 1.29 is 18.7 Å². The van der Waals surface area contributed by atoms with Crippen LogP contribution in [0.4, 0.5) is 10.1 Å². The molecule has 2 aromatic rings. The van der Waals surface area contributed by atoms with Crippen LogP contribution >= 0.6 is 11.8 Å². The molecule has 5 nitrogen and oxygen atoms in total. The summed E-state index contributed by atoms with van der Waals surface area (Å²) >= 11 is 1.67. The summed E-state index contributed by atoms with van der Waals surface area (Å²) in [6.45, 7) is -0.145. The van der Waals surface area contributed by atoms with E-state index < -0.39 is 0 Å². The van der Waals surface area contributed by atoms with Crippen LogP contribution < -0.4 is 15.4 Å². The standard InChI is InChI=1S/C21H21FN2O3S/c22-14-6-7-19-17(10-14)18(8-9-28-19)24-20(25)12-27-16-3-1-2-15(11-16)23-21(26)13-4-5-13/h1-3,6-7,10-11,13,18H,4-5,8-9,12H2,(H,23,26)(H,24,25). The molecule has 1 atom stereocenters. The van der Waals surface area contributed by atoms with E-state index in [2.05, 4.69) is 10.6 Å². The molecule has 28 heavy (non-hydrogen) atoms. The van der Waals surface area contributed by atoms with E-state index in [1.54, 1.807) is 42.1 Å². The Bertz CT molecular complexity index is 901. The number of rotatable bonds is 6. The number of halogens is 1. The second kappa shape index (κ2) is 8.22. The smallest absolute Gasteiger partial charge is 0.258 e. The van der Waals surface area contributed by atoms with Crippen molar-refractivity contribution >= 4 is 29.3 Å². The molecular formula is C21H21FN2O3S. The number of ether oxygens (including phenoxy) is 1. The Morgan fingerprint density at radius 2 is 2.00 bits per heavy atom. The molecular weight excluding hydrogens is 379 g/mol. The van der Waals surface area contributed by atoms with Gasteiger partial charge < -0.3 is 15.4 Å². The number of nitrogens with one attached hydrogen (secondary N) is 2. The SMILES string of the molecule is O=C(COc1cccc(NC(=O)C2CC2)c1)NC1CCSc2ccc(F)cc21. The second-order valence-corrected chi connectivity index (χ2v) is 8.16. The van der Waals surface area contributed by atoms with E-state index >= 15 is 0 Å². The minimum atomic E-state index is -0.304. The summed E-state index contributed by atoms with van der Waals surface area (Å²) in [4.78, 5) is 25.2. The summed E-state index contributed by atoms with van der Waals surface area (Å²) in [6.07, 6.45) is 2.62. The number of benzene rings is 2. The van der Waals surface area contributed by atoms with Crippen LogP contribution in [-0.4, -0.2) is 24.2 Å². The van der Waals surface area contributed by atoms with Gasteiger partial charge in [-0.15, -0.1) is 11.8 Å². The topological polar surface area (TPSA) is 67.4 Å². The third kappa shape index (κ3) is 4.65. The van der Waals surface area contributed by atoms with Crippen LogP contribution in [0.3, 0.4) is 0 Å². The van der Waals surface area contributed by atoms with Gasteiger partial charge in [0, 0.05) is 28.3 Å². The number of fused-ring (bicyclic) bond motifs is 1. The molecule has 1 aliphatic carbocycles. The third-order valence-corrected chi connectivity index (χ3v) is 5.89. The fourth-order valence-electron chi connectivity index (χ4n) is 3.15. The highest BCUT2D eigenvalue weighted by molar-refractivity contribution is 7.99. The zero-order valence-corrected chi connectivity index (χ0v) is 16.1. The molecule has 1 saturated carbocycles. The first-order valence-corrected chi connectivity index (χ1v) is 10.3. The number of anilines is 1. The van der Waals surface area contributed by atoms with Crippen molar-refractivity contribution in [2.24, 2.45) is 5.92 Å². The molecule has 0 bridgehead atoms. The molecule has 2 amide bonds. The Labute approximate surface area is 167 Å². The summed E-state index contributed by atoms with van der Waals surface area (Å²) in [7, 11) is 0. The molecule has 1 heterocycles. The van der Waals surface area contributed by atoms with Crippen LogP contribution in [0, 0.1) is 11.7 Å². The van der Waals surface area contributed by atoms with Gasteiger partial charge in [-0.05, 0) is 55.2 Å². The normalized spacial score (nSPS) is 18.1. The van der Waals surface area contributed by atoms with E-state index in [-0.39, 0.29) is 36.2 Å². The largest absolute Gasteiger partial charge is 0.484 e. The molecule has 0 aromatic heterocycles. The van der Waals surface area contributed by atoms with Crippen molar-refractivity contribution in [3.63, 3.8) is 0 Å². The lowest BCUT2D eigenvalue weighted by molar-refractivity contribution is -0.124. The Morgan fingerprint density at radius 1 is 1.14 bits per heavy atom. The van der Waals surface area contributed by atoms with Gasteiger partial charge in [-0.2, -0.15) is 0 Å². The highest BCUT2D eigenvalue weighted by Gasteiger charge is 2.29. The second-order valence-electron chi connectivity index (χ2n) is 7.02. The first kappa shape index (κ1) is 18.8. The molecule has 2 aliphatic rings. The number of thioether (sulfide) groups is 1. The lowest BCUT2D eigenvalue weighted by Crippen LogP contribution is -2.34. The van der Waals surface area contributed by atoms with Gasteiger partial charge >= 0.3 is 0 Å². The molecule has 2 N–H and O–H groups in total. The van der Waals surface area contributed by atoms with E-state index in [0.717, 1.165) is 35.5 Å². The third-order valence-electron chi connectivity index (χ3n) is 4.77. The van der Waals surface area contributed by atoms with E-state index in [4.69, 9.17) is 4.74 Å². The van der Waals surface area contributed by atoms with Crippen molar-refractivity contribution in [2.75, 3.05) is 17.7 Å². The molecule has 146 valence electrons. The predicted molar refractivity (Wildman–Crippen MR) is 106 cm³/mol. The van der Waals surface area contributed by atoms with Crippen LogP contribution in [0.25, 0.3) is 0 Å². The van der Waals surface area contributed by atoms with Crippen LogP contribution in [0.5, 0.6) is 5.75 Å². The van der Waals surface area contributed by atoms with Gasteiger partial charge in [-0.3, -0.25) is 9.59 Å². The summed E-state index contributed by atoms with van der Waals surface area (Å²) < 4.78 is 19.2. The maximum atomic E-state index is 13.6. The van der Waals surface area contributed by atoms with Crippen molar-refractivity contribution in [1.82, 2.24) is 5.32 Å². The molecule has 1 unspecified atom stereocenters. The minimum absolute atomic E-state index is 0.0240. The minimum Gasteiger partial charge on any atom is -0.484 e. The van der Waals surface area contributed by atoms with Gasteiger partial charge in [0.1, 0.15) is 11.6 Å². The summed E-state index contributed by atoms with van der Waals surface area (Å²) in [5, 5.41) is 5.79. The van der Waals surface area contributed by atoms with Crippen molar-refractivity contribution in [3.05, 3.63) is 53.8 Å². The van der Waals surface area contributed by atoms with E-state index in [9.17, 15) is 14.0 Å². The van der Waals surface area contributed by atoms with Crippen LogP contribution in [0.2, 0.25) is 0 Å². The van der Waals surface area contributed by atoms with Gasteiger partial charge in [-0.25, -0.2) is 4.39 Å². The summed E-state index contributed by atoms with van der Waals surface area (Å²) in [6, 6.07) is 11.5. The average molecular weight is 400 g/mol. The van der Waals surface area contributed by atoms with Gasteiger partial charge in [0.2, 0.25) is 5.91 Å². The van der Waals surface area contributed by atoms with Crippen LogP contribution in [0.15, 0.2) is 47.4 Å². The van der Waals surface area contributed by atoms with E-state index in [1.807, 2.05) is 0 Å². The predicted octanol–water partition coefficient (Wildman–Crippen LogP) is 3.91. The summed E-state index contributed by atoms with van der Waals surface area (Å²) in [5.41, 5.74) is 1.47. The number of hydrogen-bond donors (Lipinski definition) is 2. The molecule has 0 radical (unpaired) electrons. The Morgan fingerprint density at radius 3 is 2.82 bits per heavy atom. The van der Waals surface area contributed by atoms with Gasteiger partial charge in [0.25, 0.3) is 5.91 Å². The molecule has 1 fully saturated rings. The molecule has 1 aliphatic heterocycles. The van der Waals surface area contributed by atoms with Gasteiger partial charge in [0.15, 0.2) is 6.61 Å². The van der Waals surface area contributed by atoms with Crippen molar-refractivity contribution in [2.45, 2.75) is 30.2 Å². The highest BCUT2D eigenvalue weighted by Crippen LogP contribution is 2.36. The summed E-state index contributed by atoms with van der Waals surface area (Å²) in [5.74, 6) is 0.955. The first-order valence-electron chi connectivity index (χ1n) is 9.34. The van der Waals surface area contributed by atoms with Crippen LogP contribution in [-0.2, 0) is 9.59 Å². The van der Waals surface area contributed by atoms with Gasteiger partial charge in [0.05, 0.1) is 6.04 Å². The van der Waals surface area contributed by atoms with Crippen molar-refractivity contribution in [3.8, 4) is 5.75 Å². The number of amides is 2. The molecule has 0 saturated heterocycles. The van der Waals surface area contributed by atoms with Crippen molar-refractivity contribution in [1.29, 1.82) is 0 Å². The van der Waals surface area contributed by atoms with E-state index in [0.29, 0.717) is 11.4 Å². The monoisotopic (exact) mass is 400 g/mol. The lowest BCUT2D eigenvalue weighted by atomic mass is 10.0. The fourth-order valence-corrected chi connectivity index (χ4v) is 4.26. The van der Waals surface area contributed by atoms with Gasteiger partial charge in [-0.1, -0.05) is 6.07 Å². The zero-order valence-electron chi connectivity index (χ0n) is 15.2. The maximum absolute atomic E-state index is 13.6. The lowest BCUT2D eigenvalue weighted by Gasteiger charge is -2.26. The molecule has 4 rings (SSSR count).